The zero-order valence-corrected chi connectivity index (χ0v) is 61.8. The molecule has 11 bridgehead atoms. The van der Waals surface area contributed by atoms with Crippen LogP contribution in [0.2, 0.25) is 10.0 Å². The molecule has 0 spiro atoms. The van der Waals surface area contributed by atoms with E-state index in [0.29, 0.717) is 0 Å². The van der Waals surface area contributed by atoms with Crippen LogP contribution in [0, 0.1) is 11.8 Å². The SMILES string of the molecule is CN[C@H](CC(C)C)C(=O)N[C@H]1C(=O)N[C@@H](CC(N)=O)C(=O)N[C@H]2C(=O)N[C@H]3C(=O)N[C@H](C(=O)N[C@@H](C(=O)N[C@@H](C)C(=O)N[C@@H](C)C(=O)O)c4cc(O)cc(O)c4-c4cc3ccc4O)[C@H](O)c3ccc(c(Cl)c3)Oc3cc2cc(c3O[C@H]2O[C@@H](CO)[C@H](O)[C@@H](O)[C@@H]2O[C@H]2C[C@](C)(N)[C@H](C)[C@H](O)O2)Oc2ccc(cc2Cl)[C@H]1O. The molecule has 37 nitrogen and oxygen atoms in total. The lowest BCUT2D eigenvalue weighted by Gasteiger charge is -2.47. The number of fused-ring (bicyclic) bond motifs is 15. The lowest BCUT2D eigenvalue weighted by atomic mass is 9.82. The molecule has 0 unspecified atom stereocenters. The predicted octanol–water partition coefficient (Wildman–Crippen LogP) is -0.679. The van der Waals surface area contributed by atoms with Gasteiger partial charge in [-0.3, -0.25) is 47.9 Å². The number of carboxylic acids is 1. The predicted molar refractivity (Wildman–Crippen MR) is 384 cm³/mol. The number of benzene rings is 5. The van der Waals surface area contributed by atoms with Crippen molar-refractivity contribution in [3.8, 4) is 57.1 Å². The molecule has 20 atom stereocenters. The number of hydrogen-bond donors (Lipinski definition) is 21. The van der Waals surface area contributed by atoms with Crippen molar-refractivity contribution in [1.82, 2.24) is 47.9 Å². The number of aliphatic hydroxyl groups is 6. The second kappa shape index (κ2) is 34.2. The van der Waals surface area contributed by atoms with Crippen molar-refractivity contribution in [2.75, 3.05) is 13.7 Å². The average Bonchev–Trinajstić information content (AvgIpc) is 0.771. The number of aliphatic carboxylic acids is 1. The first kappa shape index (κ1) is 83.2. The first-order valence-electron chi connectivity index (χ1n) is 34.8. The Hall–Kier alpha value is -10.3. The summed E-state index contributed by atoms with van der Waals surface area (Å²) in [6, 6.07) is -4.28. The molecule has 12 rings (SSSR count). The molecule has 7 aliphatic rings. The number of nitrogens with two attached hydrogens (primary N) is 2. The van der Waals surface area contributed by atoms with E-state index in [0.717, 1.165) is 80.6 Å². The molecular weight excluding hydrogens is 1510 g/mol. The fourth-order valence-corrected chi connectivity index (χ4v) is 13.5. The van der Waals surface area contributed by atoms with Crippen LogP contribution in [0.3, 0.4) is 0 Å². The van der Waals surface area contributed by atoms with E-state index in [-0.39, 0.29) is 40.7 Å². The Morgan fingerprint density at radius 1 is 0.676 bits per heavy atom. The molecule has 598 valence electrons. The molecule has 7 heterocycles. The molecule has 2 saturated heterocycles. The van der Waals surface area contributed by atoms with Gasteiger partial charge in [-0.1, -0.05) is 62.2 Å². The van der Waals surface area contributed by atoms with Crippen molar-refractivity contribution in [2.24, 2.45) is 23.3 Å². The standard InChI is InChI=1S/C72H85Cl2N11O26/c1-25(2)14-38(77-7)62(96)84-53-55(91)30-9-12-42(36(73)16-30)106-44-18-32-19-45(59(44)111-71-60(58(94)57(93)46(24-86)108-71)109-48-23-72(6,76)26(3)70(105)110-48)107-43-13-10-31(17-37(43)74)56(92)54-68(102)83-52(66(100)78-27(4)61(95)79-28(5)69(103)104)35-20-33(87)21-41(89)49(35)34-15-29(8-11-40(34)88)50(64(98)85-54)82-65(99)51(32)81-63(97)39(22-47(75)90)80-67(53)101/h8-13,15-21,25-28,38-39,46,48,50-58,60,70-71,77,86-89,91-94,105H,14,22-24,76H2,1-7H3,(H2,75,90)(H,78,100)(H,79,95)(H,80,101)(H,81,97)(H,82,99)(H,83,102)(H,84,96)(H,85,98)(H,103,104)/t26-,27+,28+,38-,39+,46+,48-,50-,51-,52-,53-,54+,55-,56-,57+,58-,60+,70-,71-,72+/m1/s1. The Kier molecular flexibility index (Phi) is 25.6. The summed E-state index contributed by atoms with van der Waals surface area (Å²) in [7, 11) is 1.46. The van der Waals surface area contributed by atoms with Crippen LogP contribution in [0.5, 0.6) is 46.0 Å². The van der Waals surface area contributed by atoms with E-state index in [1.54, 1.807) is 13.8 Å². The Bertz CT molecular complexity index is 4460. The van der Waals surface area contributed by atoms with E-state index in [2.05, 4.69) is 47.9 Å². The molecule has 2 fully saturated rings. The van der Waals surface area contributed by atoms with Crippen molar-refractivity contribution < 1.29 is 127 Å². The number of amides is 9. The normalized spacial score (nSPS) is 28.3. The number of primary amides is 1. The third-order valence-corrected chi connectivity index (χ3v) is 20.1. The molecule has 0 radical (unpaired) electrons. The van der Waals surface area contributed by atoms with Gasteiger partial charge in [-0.25, -0.2) is 0 Å². The van der Waals surface area contributed by atoms with Gasteiger partial charge in [-0.2, -0.15) is 0 Å². The van der Waals surface area contributed by atoms with Gasteiger partial charge in [0.25, 0.3) is 0 Å². The second-order valence-electron chi connectivity index (χ2n) is 28.2. The molecule has 9 amide bonds. The third-order valence-electron chi connectivity index (χ3n) is 19.5. The van der Waals surface area contributed by atoms with E-state index in [4.69, 9.17) is 63.1 Å². The fraction of sp³-hybridized carbons (Fsp3) is 0.444. The number of nitrogens with one attached hydrogen (secondary N) is 9. The van der Waals surface area contributed by atoms with Gasteiger partial charge in [-0.05, 0) is 123 Å². The van der Waals surface area contributed by atoms with Crippen LogP contribution in [0.15, 0.2) is 78.9 Å². The van der Waals surface area contributed by atoms with Crippen molar-refractivity contribution in [3.05, 3.63) is 117 Å². The van der Waals surface area contributed by atoms with Gasteiger partial charge in [0.1, 0.15) is 108 Å². The maximum absolute atomic E-state index is 16.2. The van der Waals surface area contributed by atoms with Gasteiger partial charge >= 0.3 is 5.97 Å². The molecule has 23 N–H and O–H groups in total. The quantitative estimate of drug-likeness (QED) is 0.0548. The Labute approximate surface area is 641 Å². The molecule has 7 aliphatic heterocycles. The van der Waals surface area contributed by atoms with Crippen LogP contribution < -0.4 is 73.5 Å². The van der Waals surface area contributed by atoms with Crippen molar-refractivity contribution >= 4 is 82.3 Å². The molecule has 0 saturated carbocycles. The van der Waals surface area contributed by atoms with Gasteiger partial charge in [0, 0.05) is 35.1 Å². The van der Waals surface area contributed by atoms with E-state index < -0.39 is 267 Å². The molecule has 5 aromatic carbocycles. The van der Waals surface area contributed by atoms with Crippen molar-refractivity contribution in [1.29, 1.82) is 0 Å². The summed E-state index contributed by atoms with van der Waals surface area (Å²) in [6.45, 7) is 8.05. The zero-order valence-electron chi connectivity index (χ0n) is 60.3. The molecule has 5 aromatic rings. The number of aromatic hydroxyl groups is 3. The van der Waals surface area contributed by atoms with Gasteiger partial charge in [0.05, 0.1) is 29.1 Å². The minimum absolute atomic E-state index is 0.117. The summed E-state index contributed by atoms with van der Waals surface area (Å²) >= 11 is 14.2. The second-order valence-corrected chi connectivity index (χ2v) is 29.0. The first-order chi connectivity index (χ1) is 52.3. The number of phenolic OH excluding ortho intramolecular Hbond substituents is 3. The number of phenols is 3. The number of halogens is 2. The molecule has 39 heteroatoms. The van der Waals surface area contributed by atoms with Gasteiger partial charge in [-0.15, -0.1) is 0 Å². The van der Waals surface area contributed by atoms with E-state index in [1.807, 2.05) is 13.8 Å². The van der Waals surface area contributed by atoms with Crippen molar-refractivity contribution in [3.63, 3.8) is 0 Å². The summed E-state index contributed by atoms with van der Waals surface area (Å²) in [5, 5.41) is 136. The van der Waals surface area contributed by atoms with Crippen LogP contribution in [0.1, 0.15) is 119 Å². The highest BCUT2D eigenvalue weighted by atomic mass is 35.5. The van der Waals surface area contributed by atoms with Crippen LogP contribution in [0.4, 0.5) is 0 Å². The summed E-state index contributed by atoms with van der Waals surface area (Å²) in [5.74, 6) is -19.3. The number of carboxylic acid groups (broad SMARTS) is 1. The number of aliphatic hydroxyl groups excluding tert-OH is 6. The fourth-order valence-electron chi connectivity index (χ4n) is 13.1. The van der Waals surface area contributed by atoms with Crippen LogP contribution >= 0.6 is 23.2 Å². The minimum atomic E-state index is -2.39. The maximum Gasteiger partial charge on any atom is 0.325 e. The van der Waals surface area contributed by atoms with Crippen LogP contribution in [0.25, 0.3) is 11.1 Å². The molecule has 0 aromatic heterocycles. The van der Waals surface area contributed by atoms with Crippen LogP contribution in [-0.4, -0.2) is 209 Å². The molecule has 111 heavy (non-hydrogen) atoms. The van der Waals surface area contributed by atoms with Crippen LogP contribution in [-0.2, 0) is 62.2 Å². The highest BCUT2D eigenvalue weighted by Crippen LogP contribution is 2.50. The average molecular weight is 1590 g/mol. The Morgan fingerprint density at radius 2 is 1.28 bits per heavy atom. The Morgan fingerprint density at radius 3 is 1.86 bits per heavy atom. The zero-order chi connectivity index (χ0) is 81.3. The molecular formula is C72H85Cl2N11O26. The maximum atomic E-state index is 16.2. The number of likely N-dealkylation sites (N-methyl/N-ethyl adjacent to an activating group) is 1. The summed E-state index contributed by atoms with van der Waals surface area (Å²) in [4.78, 5) is 145. The van der Waals surface area contributed by atoms with Gasteiger partial charge in [0.15, 0.2) is 30.2 Å². The summed E-state index contributed by atoms with van der Waals surface area (Å²) < 4.78 is 38.2. The molecule has 0 aliphatic carbocycles. The number of rotatable bonds is 17. The Balaban J connectivity index is 1.23. The monoisotopic (exact) mass is 1590 g/mol. The largest absolute Gasteiger partial charge is 0.508 e. The van der Waals surface area contributed by atoms with E-state index in [1.165, 1.54) is 19.2 Å². The smallest absolute Gasteiger partial charge is 0.325 e. The topological polar surface area (TPSA) is 589 Å². The third kappa shape index (κ3) is 18.4. The number of ether oxygens (including phenoxy) is 6. The number of hydrogen-bond acceptors (Lipinski definition) is 27. The van der Waals surface area contributed by atoms with Crippen molar-refractivity contribution in [2.45, 2.75) is 176 Å². The highest BCUT2D eigenvalue weighted by Gasteiger charge is 2.52. The summed E-state index contributed by atoms with van der Waals surface area (Å²) in [5.41, 5.74) is 8.09. The number of carbonyl (C=O) groups is 10. The highest BCUT2D eigenvalue weighted by molar-refractivity contribution is 6.32. The summed E-state index contributed by atoms with van der Waals surface area (Å²) in [6.07, 6.45) is -18.3. The number of carbonyl (C=O) groups excluding carboxylic acids is 9. The minimum Gasteiger partial charge on any atom is -0.508 e. The van der Waals surface area contributed by atoms with Gasteiger partial charge in [0.2, 0.25) is 65.2 Å². The lowest BCUT2D eigenvalue weighted by Crippen LogP contribution is -2.63. The van der Waals surface area contributed by atoms with E-state index in [9.17, 15) is 79.8 Å². The first-order valence-corrected chi connectivity index (χ1v) is 35.6. The lowest BCUT2D eigenvalue weighted by molar-refractivity contribution is -0.348. The van der Waals surface area contributed by atoms with E-state index >= 15 is 19.2 Å². The van der Waals surface area contributed by atoms with Gasteiger partial charge < -0.3 is 139 Å².